The minimum Gasteiger partial charge on any atom is -0.431 e. The van der Waals surface area contributed by atoms with E-state index in [1.165, 1.54) is 17.5 Å². The van der Waals surface area contributed by atoms with Crippen molar-refractivity contribution in [3.8, 4) is 0 Å². The molecule has 0 fully saturated rings. The zero-order valence-corrected chi connectivity index (χ0v) is 13.3. The van der Waals surface area contributed by atoms with Crippen molar-refractivity contribution >= 4 is 28.8 Å². The number of oxazole rings is 1. The zero-order chi connectivity index (χ0) is 15.6. The van der Waals surface area contributed by atoms with Crippen molar-refractivity contribution in [2.24, 2.45) is 0 Å². The predicted molar refractivity (Wildman–Crippen MR) is 87.2 cm³/mol. The van der Waals surface area contributed by atoms with Crippen LogP contribution >= 0.6 is 11.8 Å². The van der Waals surface area contributed by atoms with Crippen molar-refractivity contribution in [3.63, 3.8) is 0 Å². The van der Waals surface area contributed by atoms with Crippen LogP contribution in [-0.4, -0.2) is 32.5 Å². The molecule has 0 unspecified atom stereocenters. The lowest BCUT2D eigenvalue weighted by atomic mass is 10.0. The highest BCUT2D eigenvalue weighted by atomic mass is 32.2. The molecule has 0 radical (unpaired) electrons. The monoisotopic (exact) mass is 328 g/mol. The third-order valence-electron chi connectivity index (χ3n) is 3.92. The molecule has 0 spiro atoms. The number of para-hydroxylation sites is 2. The maximum absolute atomic E-state index is 12.1. The second-order valence-corrected chi connectivity index (χ2v) is 6.47. The number of carbonyl (C=O) groups is 1. The summed E-state index contributed by atoms with van der Waals surface area (Å²) < 4.78 is 7.60. The van der Waals surface area contributed by atoms with Gasteiger partial charge in [0.25, 0.3) is 5.22 Å². The van der Waals surface area contributed by atoms with Crippen LogP contribution in [0.4, 0.5) is 0 Å². The van der Waals surface area contributed by atoms with E-state index in [1.54, 1.807) is 0 Å². The van der Waals surface area contributed by atoms with Crippen LogP contribution in [0, 0.1) is 0 Å². The van der Waals surface area contributed by atoms with Gasteiger partial charge in [0, 0.05) is 30.9 Å². The number of fused-ring (bicyclic) bond motifs is 2. The first-order valence-corrected chi connectivity index (χ1v) is 8.55. The van der Waals surface area contributed by atoms with Crippen molar-refractivity contribution in [2.45, 2.75) is 30.7 Å². The number of hydrogen-bond acceptors (Lipinski definition) is 5. The van der Waals surface area contributed by atoms with E-state index < -0.39 is 0 Å². The van der Waals surface area contributed by atoms with Crippen molar-refractivity contribution in [2.75, 3.05) is 5.75 Å². The van der Waals surface area contributed by atoms with Gasteiger partial charge < -0.3 is 9.73 Å². The van der Waals surface area contributed by atoms with E-state index in [4.69, 9.17) is 4.42 Å². The number of aryl methyl sites for hydroxylation is 1. The maximum atomic E-state index is 12.1. The Morgan fingerprint density at radius 3 is 3.22 bits per heavy atom. The van der Waals surface area contributed by atoms with Gasteiger partial charge in [0.2, 0.25) is 5.91 Å². The van der Waals surface area contributed by atoms with E-state index in [2.05, 4.69) is 15.4 Å². The highest BCUT2D eigenvalue weighted by Gasteiger charge is 2.20. The average Bonchev–Trinajstić information content (AvgIpc) is 3.18. The number of benzene rings is 1. The van der Waals surface area contributed by atoms with E-state index >= 15 is 0 Å². The summed E-state index contributed by atoms with van der Waals surface area (Å²) in [5.41, 5.74) is 2.74. The van der Waals surface area contributed by atoms with Gasteiger partial charge in [-0.15, -0.1) is 0 Å². The Morgan fingerprint density at radius 1 is 1.39 bits per heavy atom. The third-order valence-corrected chi connectivity index (χ3v) is 4.74. The first-order valence-electron chi connectivity index (χ1n) is 7.56. The van der Waals surface area contributed by atoms with Crippen molar-refractivity contribution in [3.05, 3.63) is 42.2 Å². The molecule has 0 bridgehead atoms. The summed E-state index contributed by atoms with van der Waals surface area (Å²) in [6.07, 6.45) is 3.55. The van der Waals surface area contributed by atoms with E-state index in [0.29, 0.717) is 11.0 Å². The van der Waals surface area contributed by atoms with Crippen LogP contribution < -0.4 is 5.32 Å². The van der Waals surface area contributed by atoms with E-state index in [1.807, 2.05) is 41.2 Å². The molecule has 4 rings (SSSR count). The molecule has 0 saturated carbocycles. The Morgan fingerprint density at radius 2 is 2.30 bits per heavy atom. The SMILES string of the molecule is O=C(CSc1nc2ccccc2o1)N[C@@H]1CCn2nccc2C1. The Kier molecular flexibility index (Phi) is 3.78. The van der Waals surface area contributed by atoms with Crippen LogP contribution in [0.5, 0.6) is 0 Å². The van der Waals surface area contributed by atoms with E-state index in [9.17, 15) is 4.79 Å². The number of carbonyl (C=O) groups excluding carboxylic acids is 1. The first-order chi connectivity index (χ1) is 11.3. The van der Waals surface area contributed by atoms with Gasteiger partial charge in [-0.1, -0.05) is 23.9 Å². The summed E-state index contributed by atoms with van der Waals surface area (Å²) in [4.78, 5) is 16.5. The van der Waals surface area contributed by atoms with Gasteiger partial charge in [-0.25, -0.2) is 4.98 Å². The Balaban J connectivity index is 1.32. The molecule has 3 heterocycles. The Bertz CT molecular complexity index is 808. The fourth-order valence-corrected chi connectivity index (χ4v) is 3.45. The minimum atomic E-state index is 0.00946. The molecular formula is C16H16N4O2S. The smallest absolute Gasteiger partial charge is 0.257 e. The topological polar surface area (TPSA) is 73.0 Å². The largest absolute Gasteiger partial charge is 0.431 e. The molecule has 118 valence electrons. The fraction of sp³-hybridized carbons (Fsp3) is 0.312. The summed E-state index contributed by atoms with van der Waals surface area (Å²) in [5, 5.41) is 7.86. The molecule has 1 amide bonds. The van der Waals surface area contributed by atoms with Gasteiger partial charge in [0.05, 0.1) is 5.75 Å². The summed E-state index contributed by atoms with van der Waals surface area (Å²) in [7, 11) is 0. The molecule has 1 atom stereocenters. The number of amides is 1. The first kappa shape index (κ1) is 14.3. The summed E-state index contributed by atoms with van der Waals surface area (Å²) in [6.45, 7) is 0.853. The summed E-state index contributed by atoms with van der Waals surface area (Å²) in [5.74, 6) is 0.318. The molecule has 6 nitrogen and oxygen atoms in total. The highest BCUT2D eigenvalue weighted by molar-refractivity contribution is 7.99. The van der Waals surface area contributed by atoms with Crippen LogP contribution in [0.15, 0.2) is 46.2 Å². The van der Waals surface area contributed by atoms with Crippen LogP contribution in [0.2, 0.25) is 0 Å². The molecule has 1 aliphatic rings. The van der Waals surface area contributed by atoms with Gasteiger partial charge in [-0.3, -0.25) is 9.48 Å². The average molecular weight is 328 g/mol. The maximum Gasteiger partial charge on any atom is 0.257 e. The van der Waals surface area contributed by atoms with Crippen LogP contribution in [0.3, 0.4) is 0 Å². The normalized spacial score (nSPS) is 17.1. The van der Waals surface area contributed by atoms with Gasteiger partial charge >= 0.3 is 0 Å². The number of nitrogens with one attached hydrogen (secondary N) is 1. The summed E-state index contributed by atoms with van der Waals surface area (Å²) >= 11 is 1.32. The predicted octanol–water partition coefficient (Wildman–Crippen LogP) is 2.25. The van der Waals surface area contributed by atoms with Gasteiger partial charge in [0.1, 0.15) is 5.52 Å². The van der Waals surface area contributed by atoms with Crippen LogP contribution in [-0.2, 0) is 17.8 Å². The molecule has 2 aromatic heterocycles. The van der Waals surface area contributed by atoms with Crippen LogP contribution in [0.25, 0.3) is 11.1 Å². The van der Waals surface area contributed by atoms with Crippen molar-refractivity contribution in [1.82, 2.24) is 20.1 Å². The lowest BCUT2D eigenvalue weighted by molar-refractivity contribution is -0.119. The second-order valence-electron chi connectivity index (χ2n) is 5.54. The number of aromatic nitrogens is 3. The molecule has 3 aromatic rings. The second kappa shape index (κ2) is 6.08. The Labute approximate surface area is 137 Å². The van der Waals surface area contributed by atoms with Crippen molar-refractivity contribution in [1.29, 1.82) is 0 Å². The summed E-state index contributed by atoms with van der Waals surface area (Å²) in [6, 6.07) is 9.77. The molecular weight excluding hydrogens is 312 g/mol. The van der Waals surface area contributed by atoms with Gasteiger partial charge in [0.15, 0.2) is 5.58 Å². The number of nitrogens with zero attached hydrogens (tertiary/aromatic N) is 3. The standard InChI is InChI=1S/C16H16N4O2S/c21-15(18-11-6-8-20-12(9-11)5-7-17-20)10-23-16-19-13-3-1-2-4-14(13)22-16/h1-5,7,11H,6,8-10H2,(H,18,21)/t11-/m1/s1. The van der Waals surface area contributed by atoms with Gasteiger partial charge in [-0.2, -0.15) is 5.10 Å². The number of rotatable bonds is 4. The Hall–Kier alpha value is -2.28. The highest BCUT2D eigenvalue weighted by Crippen LogP contribution is 2.23. The molecule has 1 N–H and O–H groups in total. The molecule has 0 saturated heterocycles. The van der Waals surface area contributed by atoms with Crippen LogP contribution in [0.1, 0.15) is 12.1 Å². The van der Waals surface area contributed by atoms with E-state index in [-0.39, 0.29) is 11.9 Å². The third kappa shape index (κ3) is 3.10. The van der Waals surface area contributed by atoms with Gasteiger partial charge in [-0.05, 0) is 24.6 Å². The molecule has 23 heavy (non-hydrogen) atoms. The molecule has 1 aromatic carbocycles. The number of thioether (sulfide) groups is 1. The fourth-order valence-electron chi connectivity index (χ4n) is 2.80. The van der Waals surface area contributed by atoms with Crippen molar-refractivity contribution < 1.29 is 9.21 Å². The zero-order valence-electron chi connectivity index (χ0n) is 12.4. The molecule has 1 aliphatic heterocycles. The number of hydrogen-bond donors (Lipinski definition) is 1. The lowest BCUT2D eigenvalue weighted by Crippen LogP contribution is -2.41. The quantitative estimate of drug-likeness (QED) is 0.744. The molecule has 0 aliphatic carbocycles. The minimum absolute atomic E-state index is 0.00946. The lowest BCUT2D eigenvalue weighted by Gasteiger charge is -2.24. The van der Waals surface area contributed by atoms with E-state index in [0.717, 1.165) is 30.5 Å². The molecule has 7 heteroatoms.